The lowest BCUT2D eigenvalue weighted by atomic mass is 9.99. The minimum Gasteiger partial charge on any atom is -0.497 e. The number of sulfonamides is 1. The standard InChI is InChI=1S/C23H30N2O4S/c1-4-24-30(27,28)20-14-9-17(2)21(16-20)23(26)25-15-7-5-6-8-22(25)18-10-12-19(29-3)13-11-18/h9-14,16,22,24H,4-8,15H2,1-3H3. The molecule has 1 amide bonds. The maximum Gasteiger partial charge on any atom is 0.254 e. The van der Waals surface area contributed by atoms with Crippen LogP contribution in [-0.2, 0) is 10.0 Å². The third kappa shape index (κ3) is 4.84. The second-order valence-electron chi connectivity index (χ2n) is 7.61. The summed E-state index contributed by atoms with van der Waals surface area (Å²) in [5, 5.41) is 0. The highest BCUT2D eigenvalue weighted by molar-refractivity contribution is 7.89. The van der Waals surface area contributed by atoms with Gasteiger partial charge in [-0.2, -0.15) is 0 Å². The molecule has 3 rings (SSSR count). The molecule has 0 spiro atoms. The van der Waals surface area contributed by atoms with Crippen molar-refractivity contribution in [3.63, 3.8) is 0 Å². The number of methoxy groups -OCH3 is 1. The van der Waals surface area contributed by atoms with Crippen LogP contribution in [0.5, 0.6) is 5.75 Å². The van der Waals surface area contributed by atoms with Gasteiger partial charge in [-0.25, -0.2) is 13.1 Å². The van der Waals surface area contributed by atoms with Crippen LogP contribution in [0, 0.1) is 6.92 Å². The molecule has 1 aliphatic rings. The molecule has 1 heterocycles. The molecule has 1 saturated heterocycles. The molecule has 0 bridgehead atoms. The summed E-state index contributed by atoms with van der Waals surface area (Å²) in [6.07, 6.45) is 3.94. The van der Waals surface area contributed by atoms with E-state index in [0.717, 1.165) is 42.6 Å². The number of aryl methyl sites for hydroxylation is 1. The molecule has 0 aliphatic carbocycles. The first-order chi connectivity index (χ1) is 14.4. The fourth-order valence-electron chi connectivity index (χ4n) is 3.95. The first-order valence-electron chi connectivity index (χ1n) is 10.4. The van der Waals surface area contributed by atoms with Crippen LogP contribution in [0.2, 0.25) is 0 Å². The van der Waals surface area contributed by atoms with E-state index in [1.54, 1.807) is 26.2 Å². The van der Waals surface area contributed by atoms with E-state index < -0.39 is 10.0 Å². The highest BCUT2D eigenvalue weighted by atomic mass is 32.2. The van der Waals surface area contributed by atoms with Gasteiger partial charge in [-0.1, -0.05) is 38.0 Å². The number of carbonyl (C=O) groups is 1. The van der Waals surface area contributed by atoms with Crippen LogP contribution >= 0.6 is 0 Å². The molecule has 6 nitrogen and oxygen atoms in total. The van der Waals surface area contributed by atoms with Crippen molar-refractivity contribution in [3.8, 4) is 5.75 Å². The predicted molar refractivity (Wildman–Crippen MR) is 117 cm³/mol. The number of rotatable bonds is 6. The van der Waals surface area contributed by atoms with E-state index in [9.17, 15) is 13.2 Å². The molecule has 1 atom stereocenters. The highest BCUT2D eigenvalue weighted by Crippen LogP contribution is 2.33. The average Bonchev–Trinajstić information content (AvgIpc) is 2.99. The Hall–Kier alpha value is -2.38. The Morgan fingerprint density at radius 1 is 1.13 bits per heavy atom. The molecule has 0 radical (unpaired) electrons. The molecule has 1 fully saturated rings. The summed E-state index contributed by atoms with van der Waals surface area (Å²) in [6.45, 7) is 4.52. The third-order valence-electron chi connectivity index (χ3n) is 5.60. The quantitative estimate of drug-likeness (QED) is 0.750. The van der Waals surface area contributed by atoms with Crippen LogP contribution in [0.25, 0.3) is 0 Å². The molecule has 2 aromatic carbocycles. The van der Waals surface area contributed by atoms with Crippen LogP contribution in [0.4, 0.5) is 0 Å². The van der Waals surface area contributed by atoms with E-state index in [2.05, 4.69) is 4.72 Å². The molecule has 162 valence electrons. The molecule has 1 unspecified atom stereocenters. The van der Waals surface area contributed by atoms with Crippen LogP contribution in [0.3, 0.4) is 0 Å². The van der Waals surface area contributed by atoms with Gasteiger partial charge in [0.1, 0.15) is 5.75 Å². The zero-order valence-electron chi connectivity index (χ0n) is 17.8. The van der Waals surface area contributed by atoms with Crippen molar-refractivity contribution in [3.05, 3.63) is 59.2 Å². The van der Waals surface area contributed by atoms with Crippen molar-refractivity contribution in [1.82, 2.24) is 9.62 Å². The fraction of sp³-hybridized carbons (Fsp3) is 0.435. The summed E-state index contributed by atoms with van der Waals surface area (Å²) < 4.78 is 32.7. The van der Waals surface area contributed by atoms with E-state index in [-0.39, 0.29) is 16.8 Å². The summed E-state index contributed by atoms with van der Waals surface area (Å²) in [5.74, 6) is 0.659. The van der Waals surface area contributed by atoms with E-state index in [0.29, 0.717) is 18.7 Å². The van der Waals surface area contributed by atoms with Crippen molar-refractivity contribution >= 4 is 15.9 Å². The Morgan fingerprint density at radius 3 is 2.53 bits per heavy atom. The van der Waals surface area contributed by atoms with E-state index in [1.807, 2.05) is 36.1 Å². The van der Waals surface area contributed by atoms with Crippen LogP contribution in [0.1, 0.15) is 60.1 Å². The third-order valence-corrected chi connectivity index (χ3v) is 7.14. The van der Waals surface area contributed by atoms with Gasteiger partial charge in [-0.05, 0) is 55.2 Å². The number of hydrogen-bond donors (Lipinski definition) is 1. The van der Waals surface area contributed by atoms with Crippen LogP contribution in [-0.4, -0.2) is 39.4 Å². The second-order valence-corrected chi connectivity index (χ2v) is 9.38. The molecule has 1 aliphatic heterocycles. The largest absolute Gasteiger partial charge is 0.497 e. The Labute approximate surface area is 179 Å². The van der Waals surface area contributed by atoms with E-state index >= 15 is 0 Å². The Balaban J connectivity index is 1.97. The number of likely N-dealkylation sites (tertiary alicyclic amines) is 1. The maximum absolute atomic E-state index is 13.6. The van der Waals surface area contributed by atoms with Crippen molar-refractivity contribution in [1.29, 1.82) is 0 Å². The number of nitrogens with one attached hydrogen (secondary N) is 1. The zero-order valence-corrected chi connectivity index (χ0v) is 18.7. The van der Waals surface area contributed by atoms with Crippen molar-refractivity contribution < 1.29 is 17.9 Å². The SMILES string of the molecule is CCNS(=O)(=O)c1ccc(C)c(C(=O)N2CCCCCC2c2ccc(OC)cc2)c1. The topological polar surface area (TPSA) is 75.7 Å². The Kier molecular flexibility index (Phi) is 7.15. The van der Waals surface area contributed by atoms with Crippen LogP contribution < -0.4 is 9.46 Å². The molecule has 0 aromatic heterocycles. The number of amides is 1. The predicted octanol–water partition coefficient (Wildman–Crippen LogP) is 4.06. The lowest BCUT2D eigenvalue weighted by Gasteiger charge is -2.31. The van der Waals surface area contributed by atoms with Gasteiger partial charge in [-0.15, -0.1) is 0 Å². The van der Waals surface area contributed by atoms with E-state index in [1.165, 1.54) is 6.07 Å². The van der Waals surface area contributed by atoms with Gasteiger partial charge in [0.15, 0.2) is 0 Å². The molecular weight excluding hydrogens is 400 g/mol. The second kappa shape index (κ2) is 9.62. The van der Waals surface area contributed by atoms with Gasteiger partial charge in [0.05, 0.1) is 18.0 Å². The van der Waals surface area contributed by atoms with Gasteiger partial charge in [-0.3, -0.25) is 4.79 Å². The number of carbonyl (C=O) groups excluding carboxylic acids is 1. The summed E-state index contributed by atoms with van der Waals surface area (Å²) in [4.78, 5) is 15.6. The molecule has 30 heavy (non-hydrogen) atoms. The Bertz CT molecular complexity index is 987. The monoisotopic (exact) mass is 430 g/mol. The summed E-state index contributed by atoms with van der Waals surface area (Å²) in [7, 11) is -2.00. The number of hydrogen-bond acceptors (Lipinski definition) is 4. The van der Waals surface area contributed by atoms with Gasteiger partial charge in [0.25, 0.3) is 5.91 Å². The molecule has 2 aromatic rings. The Morgan fingerprint density at radius 2 is 1.87 bits per heavy atom. The van der Waals surface area contributed by atoms with Gasteiger partial charge >= 0.3 is 0 Å². The highest BCUT2D eigenvalue weighted by Gasteiger charge is 2.29. The fourth-order valence-corrected chi connectivity index (χ4v) is 5.02. The molecular formula is C23H30N2O4S. The van der Waals surface area contributed by atoms with Crippen LogP contribution in [0.15, 0.2) is 47.4 Å². The van der Waals surface area contributed by atoms with Crippen molar-refractivity contribution in [2.24, 2.45) is 0 Å². The molecule has 1 N–H and O–H groups in total. The van der Waals surface area contributed by atoms with Crippen molar-refractivity contribution in [2.75, 3.05) is 20.2 Å². The van der Waals surface area contributed by atoms with Gasteiger partial charge in [0.2, 0.25) is 10.0 Å². The van der Waals surface area contributed by atoms with E-state index in [4.69, 9.17) is 4.74 Å². The number of nitrogens with zero attached hydrogens (tertiary/aromatic N) is 1. The molecule has 0 saturated carbocycles. The van der Waals surface area contributed by atoms with Crippen molar-refractivity contribution in [2.45, 2.75) is 50.5 Å². The smallest absolute Gasteiger partial charge is 0.254 e. The molecule has 7 heteroatoms. The first kappa shape index (κ1) is 22.3. The summed E-state index contributed by atoms with van der Waals surface area (Å²) >= 11 is 0. The normalized spacial score (nSPS) is 17.4. The average molecular weight is 431 g/mol. The summed E-state index contributed by atoms with van der Waals surface area (Å²) in [5.41, 5.74) is 2.28. The minimum atomic E-state index is -3.63. The number of ether oxygens (including phenoxy) is 1. The first-order valence-corrected chi connectivity index (χ1v) is 11.9. The minimum absolute atomic E-state index is 0.0423. The maximum atomic E-state index is 13.6. The summed E-state index contributed by atoms with van der Waals surface area (Å²) in [6, 6.07) is 12.6. The van der Waals surface area contributed by atoms with Gasteiger partial charge in [0, 0.05) is 18.7 Å². The zero-order chi connectivity index (χ0) is 21.7. The number of benzene rings is 2. The lowest BCUT2D eigenvalue weighted by molar-refractivity contribution is 0.0680. The lowest BCUT2D eigenvalue weighted by Crippen LogP contribution is -2.35. The van der Waals surface area contributed by atoms with Gasteiger partial charge < -0.3 is 9.64 Å².